The first-order chi connectivity index (χ1) is 13.9. The predicted octanol–water partition coefficient (Wildman–Crippen LogP) is 5.78. The zero-order valence-corrected chi connectivity index (χ0v) is 17.2. The highest BCUT2D eigenvalue weighted by molar-refractivity contribution is 5.91. The molecular weight excluding hydrogens is 362 g/mol. The number of nitrogens with zero attached hydrogens (tertiary/aromatic N) is 1. The van der Waals surface area contributed by atoms with E-state index >= 15 is 0 Å². The van der Waals surface area contributed by atoms with Gasteiger partial charge >= 0.3 is 5.97 Å². The van der Waals surface area contributed by atoms with E-state index in [0.717, 1.165) is 16.7 Å². The van der Waals surface area contributed by atoms with Crippen LogP contribution in [0.25, 0.3) is 12.2 Å². The molecule has 0 unspecified atom stereocenters. The average Bonchev–Trinajstić information content (AvgIpc) is 2.73. The van der Waals surface area contributed by atoms with Gasteiger partial charge in [0.25, 0.3) is 0 Å². The van der Waals surface area contributed by atoms with Crippen LogP contribution in [0.3, 0.4) is 0 Å². The maximum atomic E-state index is 12.5. The van der Waals surface area contributed by atoms with E-state index in [1.807, 2.05) is 48.6 Å². The largest absolute Gasteiger partial charge is 0.493 e. The number of carbonyl (C=O) groups excluding carboxylic acids is 1. The maximum Gasteiger partial charge on any atom is 0.343 e. The van der Waals surface area contributed by atoms with Gasteiger partial charge in [-0.1, -0.05) is 51.1 Å². The summed E-state index contributed by atoms with van der Waals surface area (Å²) in [6.45, 7) is 6.40. The van der Waals surface area contributed by atoms with E-state index in [1.54, 1.807) is 37.7 Å². The molecule has 148 valence electrons. The minimum Gasteiger partial charge on any atom is -0.493 e. The van der Waals surface area contributed by atoms with Gasteiger partial charge in [0.15, 0.2) is 11.5 Å². The molecule has 0 aliphatic rings. The minimum atomic E-state index is -0.413. The Bertz CT molecular complexity index is 1000. The Hall–Kier alpha value is -3.40. The molecule has 3 aromatic rings. The lowest BCUT2D eigenvalue weighted by atomic mass is 9.87. The molecule has 0 aliphatic heterocycles. The smallest absolute Gasteiger partial charge is 0.343 e. The highest BCUT2D eigenvalue weighted by atomic mass is 16.6. The molecule has 0 radical (unpaired) electrons. The molecule has 0 fully saturated rings. The van der Waals surface area contributed by atoms with Crippen molar-refractivity contribution in [3.63, 3.8) is 0 Å². The summed E-state index contributed by atoms with van der Waals surface area (Å²) in [5, 5.41) is 0. The average molecular weight is 387 g/mol. The van der Waals surface area contributed by atoms with Crippen molar-refractivity contribution in [1.82, 2.24) is 4.98 Å². The summed E-state index contributed by atoms with van der Waals surface area (Å²) >= 11 is 0. The van der Waals surface area contributed by atoms with E-state index in [1.165, 1.54) is 0 Å². The van der Waals surface area contributed by atoms with Crippen molar-refractivity contribution in [2.45, 2.75) is 26.2 Å². The van der Waals surface area contributed by atoms with Crippen molar-refractivity contribution >= 4 is 18.1 Å². The topological polar surface area (TPSA) is 48.4 Å². The van der Waals surface area contributed by atoms with E-state index in [0.29, 0.717) is 17.1 Å². The fourth-order valence-electron chi connectivity index (χ4n) is 2.80. The molecule has 29 heavy (non-hydrogen) atoms. The van der Waals surface area contributed by atoms with Crippen LogP contribution < -0.4 is 9.47 Å². The summed E-state index contributed by atoms with van der Waals surface area (Å²) in [5.41, 5.74) is 3.69. The van der Waals surface area contributed by atoms with Crippen molar-refractivity contribution in [1.29, 1.82) is 0 Å². The summed E-state index contributed by atoms with van der Waals surface area (Å²) < 4.78 is 11.0. The molecule has 3 rings (SSSR count). The van der Waals surface area contributed by atoms with Crippen LogP contribution >= 0.6 is 0 Å². The number of rotatable bonds is 5. The maximum absolute atomic E-state index is 12.5. The summed E-state index contributed by atoms with van der Waals surface area (Å²) in [6, 6.07) is 16.8. The zero-order chi connectivity index (χ0) is 20.9. The van der Waals surface area contributed by atoms with Gasteiger partial charge in [-0.2, -0.15) is 0 Å². The van der Waals surface area contributed by atoms with Crippen LogP contribution in [0.1, 0.15) is 47.8 Å². The molecule has 1 heterocycles. The van der Waals surface area contributed by atoms with Gasteiger partial charge in [-0.25, -0.2) is 4.79 Å². The number of carbonyl (C=O) groups is 1. The molecule has 0 amide bonds. The van der Waals surface area contributed by atoms with Gasteiger partial charge in [0.1, 0.15) is 0 Å². The number of esters is 1. The third-order valence-electron chi connectivity index (χ3n) is 4.55. The second kappa shape index (κ2) is 8.74. The first kappa shape index (κ1) is 20.3. The first-order valence-corrected chi connectivity index (χ1v) is 9.46. The quantitative estimate of drug-likeness (QED) is 0.411. The zero-order valence-electron chi connectivity index (χ0n) is 17.2. The van der Waals surface area contributed by atoms with Crippen molar-refractivity contribution in [3.8, 4) is 11.5 Å². The molecule has 0 saturated heterocycles. The fourth-order valence-corrected chi connectivity index (χ4v) is 2.80. The molecule has 0 saturated carbocycles. The highest BCUT2D eigenvalue weighted by Crippen LogP contribution is 2.30. The molecule has 0 aliphatic carbocycles. The van der Waals surface area contributed by atoms with E-state index in [2.05, 4.69) is 25.8 Å². The van der Waals surface area contributed by atoms with Gasteiger partial charge in [0.05, 0.1) is 12.7 Å². The van der Waals surface area contributed by atoms with Crippen molar-refractivity contribution in [3.05, 3.63) is 89.2 Å². The van der Waals surface area contributed by atoms with Gasteiger partial charge in [0.2, 0.25) is 0 Å². The molecule has 2 aromatic carbocycles. The Balaban J connectivity index is 1.75. The lowest BCUT2D eigenvalue weighted by Gasteiger charge is -2.19. The van der Waals surface area contributed by atoms with Crippen LogP contribution in [0.5, 0.6) is 11.5 Å². The standard InChI is InChI=1S/C25H25NO3/c1-25(2,3)21-10-8-20(9-11-21)24(27)29-22-12-7-19(17-23(22)28-4)6-5-18-13-15-26-16-14-18/h5-17H,1-4H3/b6-5+. The van der Waals surface area contributed by atoms with Gasteiger partial charge in [-0.15, -0.1) is 0 Å². The van der Waals surface area contributed by atoms with Crippen LogP contribution in [-0.2, 0) is 5.41 Å². The monoisotopic (exact) mass is 387 g/mol. The molecule has 0 N–H and O–H groups in total. The lowest BCUT2D eigenvalue weighted by Crippen LogP contribution is -2.13. The third kappa shape index (κ3) is 5.32. The second-order valence-corrected chi connectivity index (χ2v) is 7.74. The second-order valence-electron chi connectivity index (χ2n) is 7.74. The van der Waals surface area contributed by atoms with E-state index in [9.17, 15) is 4.79 Å². The number of hydrogen-bond acceptors (Lipinski definition) is 4. The number of aromatic nitrogens is 1. The van der Waals surface area contributed by atoms with Gasteiger partial charge < -0.3 is 9.47 Å². The summed E-state index contributed by atoms with van der Waals surface area (Å²) in [7, 11) is 1.56. The molecule has 0 bridgehead atoms. The highest BCUT2D eigenvalue weighted by Gasteiger charge is 2.16. The van der Waals surface area contributed by atoms with Crippen molar-refractivity contribution in [2.75, 3.05) is 7.11 Å². The van der Waals surface area contributed by atoms with Gasteiger partial charge in [-0.3, -0.25) is 4.98 Å². The molecule has 1 aromatic heterocycles. The molecular formula is C25H25NO3. The lowest BCUT2D eigenvalue weighted by molar-refractivity contribution is 0.0729. The Morgan fingerprint density at radius 1 is 0.862 bits per heavy atom. The van der Waals surface area contributed by atoms with Crippen LogP contribution in [-0.4, -0.2) is 18.1 Å². The summed E-state index contributed by atoms with van der Waals surface area (Å²) in [4.78, 5) is 16.5. The van der Waals surface area contributed by atoms with Crippen LogP contribution in [0.4, 0.5) is 0 Å². The Morgan fingerprint density at radius 2 is 1.52 bits per heavy atom. The van der Waals surface area contributed by atoms with Crippen molar-refractivity contribution in [2.24, 2.45) is 0 Å². The summed E-state index contributed by atoms with van der Waals surface area (Å²) in [5.74, 6) is 0.476. The van der Waals surface area contributed by atoms with Crippen LogP contribution in [0.15, 0.2) is 67.0 Å². The number of hydrogen-bond donors (Lipinski definition) is 0. The van der Waals surface area contributed by atoms with Gasteiger partial charge in [0, 0.05) is 12.4 Å². The fraction of sp³-hybridized carbons (Fsp3) is 0.200. The Labute approximate surface area is 171 Å². The normalized spacial score (nSPS) is 11.4. The summed E-state index contributed by atoms with van der Waals surface area (Å²) in [6.07, 6.45) is 7.45. The number of benzene rings is 2. The molecule has 4 heteroatoms. The van der Waals surface area contributed by atoms with Gasteiger partial charge in [-0.05, 0) is 58.5 Å². The Kier molecular flexibility index (Phi) is 6.13. The SMILES string of the molecule is COc1cc(/C=C/c2ccncc2)ccc1OC(=O)c1ccc(C(C)(C)C)cc1. The van der Waals surface area contributed by atoms with Crippen LogP contribution in [0, 0.1) is 0 Å². The van der Waals surface area contributed by atoms with Crippen LogP contribution in [0.2, 0.25) is 0 Å². The van der Waals surface area contributed by atoms with E-state index < -0.39 is 5.97 Å². The number of methoxy groups -OCH3 is 1. The van der Waals surface area contributed by atoms with E-state index in [4.69, 9.17) is 9.47 Å². The molecule has 0 spiro atoms. The number of ether oxygens (including phenoxy) is 2. The molecule has 0 atom stereocenters. The molecule has 4 nitrogen and oxygen atoms in total. The van der Waals surface area contributed by atoms with E-state index in [-0.39, 0.29) is 5.41 Å². The number of pyridine rings is 1. The van der Waals surface area contributed by atoms with Crippen molar-refractivity contribution < 1.29 is 14.3 Å². The predicted molar refractivity (Wildman–Crippen MR) is 116 cm³/mol. The Morgan fingerprint density at radius 3 is 2.14 bits per heavy atom. The third-order valence-corrected chi connectivity index (χ3v) is 4.55. The minimum absolute atomic E-state index is 0.0330. The first-order valence-electron chi connectivity index (χ1n) is 9.46.